The Hall–Kier alpha value is -1.51. The van der Waals surface area contributed by atoms with Crippen molar-refractivity contribution in [2.24, 2.45) is 5.73 Å². The van der Waals surface area contributed by atoms with Crippen LogP contribution in [0, 0.1) is 0 Å². The third-order valence-corrected chi connectivity index (χ3v) is 3.06. The highest BCUT2D eigenvalue weighted by molar-refractivity contribution is 6.30. The first-order valence-electron chi connectivity index (χ1n) is 6.35. The van der Waals surface area contributed by atoms with Crippen molar-refractivity contribution in [2.75, 3.05) is 0 Å². The highest BCUT2D eigenvalue weighted by Gasteiger charge is 2.06. The van der Waals surface area contributed by atoms with Gasteiger partial charge in [0.25, 0.3) is 0 Å². The average molecular weight is 276 g/mol. The fourth-order valence-electron chi connectivity index (χ4n) is 1.98. The molecule has 0 saturated heterocycles. The van der Waals surface area contributed by atoms with Crippen molar-refractivity contribution in [2.45, 2.75) is 26.5 Å². The zero-order valence-electron chi connectivity index (χ0n) is 11.2. The molecule has 0 aliphatic heterocycles. The van der Waals surface area contributed by atoms with Crippen molar-refractivity contribution < 1.29 is 4.74 Å². The van der Waals surface area contributed by atoms with Crippen LogP contribution in [-0.2, 0) is 6.54 Å². The summed E-state index contributed by atoms with van der Waals surface area (Å²) >= 11 is 6.06. The van der Waals surface area contributed by atoms with E-state index in [0.717, 1.165) is 27.5 Å². The summed E-state index contributed by atoms with van der Waals surface area (Å²) in [5.41, 5.74) is 9.02. The fourth-order valence-corrected chi connectivity index (χ4v) is 2.15. The van der Waals surface area contributed by atoms with E-state index in [9.17, 15) is 0 Å². The van der Waals surface area contributed by atoms with E-state index in [2.05, 4.69) is 0 Å². The maximum atomic E-state index is 6.06. The van der Waals surface area contributed by atoms with Gasteiger partial charge in [-0.1, -0.05) is 29.8 Å². The predicted octanol–water partition coefficient (Wildman–Crippen LogP) is 4.25. The van der Waals surface area contributed by atoms with Gasteiger partial charge in [-0.15, -0.1) is 0 Å². The number of hydrogen-bond acceptors (Lipinski definition) is 2. The smallest absolute Gasteiger partial charge is 0.119 e. The molecule has 2 rings (SSSR count). The molecule has 0 saturated carbocycles. The second-order valence-electron chi connectivity index (χ2n) is 4.70. The summed E-state index contributed by atoms with van der Waals surface area (Å²) in [7, 11) is 0. The standard InChI is InChI=1S/C16H18ClNO/c1-11(2)19-15-7-4-12(5-8-15)16-9-14(17)6-3-13(16)10-18/h3-9,11H,10,18H2,1-2H3. The molecule has 0 fully saturated rings. The van der Waals surface area contributed by atoms with Crippen molar-refractivity contribution >= 4 is 11.6 Å². The second kappa shape index (κ2) is 6.09. The lowest BCUT2D eigenvalue weighted by Gasteiger charge is -2.12. The number of rotatable bonds is 4. The molecule has 0 unspecified atom stereocenters. The molecule has 2 nitrogen and oxygen atoms in total. The summed E-state index contributed by atoms with van der Waals surface area (Å²) in [6.07, 6.45) is 0.177. The summed E-state index contributed by atoms with van der Waals surface area (Å²) in [6.45, 7) is 4.52. The van der Waals surface area contributed by atoms with Crippen LogP contribution in [0.3, 0.4) is 0 Å². The van der Waals surface area contributed by atoms with Gasteiger partial charge in [0, 0.05) is 11.6 Å². The first kappa shape index (κ1) is 13.9. The zero-order chi connectivity index (χ0) is 13.8. The molecule has 0 atom stereocenters. The van der Waals surface area contributed by atoms with Crippen molar-refractivity contribution in [3.05, 3.63) is 53.1 Å². The van der Waals surface area contributed by atoms with Crippen LogP contribution in [-0.4, -0.2) is 6.10 Å². The van der Waals surface area contributed by atoms with Crippen LogP contribution in [0.25, 0.3) is 11.1 Å². The molecule has 100 valence electrons. The SMILES string of the molecule is CC(C)Oc1ccc(-c2cc(Cl)ccc2CN)cc1. The average Bonchev–Trinajstić information content (AvgIpc) is 2.39. The van der Waals surface area contributed by atoms with Crippen LogP contribution < -0.4 is 10.5 Å². The lowest BCUT2D eigenvalue weighted by Crippen LogP contribution is -2.05. The van der Waals surface area contributed by atoms with Crippen LogP contribution >= 0.6 is 11.6 Å². The molecule has 2 aromatic carbocycles. The molecule has 0 aliphatic carbocycles. The van der Waals surface area contributed by atoms with E-state index >= 15 is 0 Å². The highest BCUT2D eigenvalue weighted by atomic mass is 35.5. The maximum Gasteiger partial charge on any atom is 0.119 e. The molecule has 0 aromatic heterocycles. The summed E-state index contributed by atoms with van der Waals surface area (Å²) < 4.78 is 5.63. The minimum atomic E-state index is 0.177. The van der Waals surface area contributed by atoms with E-state index in [-0.39, 0.29) is 6.10 Å². The molecule has 0 heterocycles. The third kappa shape index (κ3) is 3.49. The number of ether oxygens (including phenoxy) is 1. The van der Waals surface area contributed by atoms with Crippen LogP contribution in [0.4, 0.5) is 0 Å². The van der Waals surface area contributed by atoms with Gasteiger partial charge in [-0.05, 0) is 54.8 Å². The van der Waals surface area contributed by atoms with Gasteiger partial charge in [0.15, 0.2) is 0 Å². The van der Waals surface area contributed by atoms with Crippen LogP contribution in [0.5, 0.6) is 5.75 Å². The van der Waals surface area contributed by atoms with E-state index < -0.39 is 0 Å². The Balaban J connectivity index is 2.34. The molecule has 19 heavy (non-hydrogen) atoms. The van der Waals surface area contributed by atoms with Crippen LogP contribution in [0.15, 0.2) is 42.5 Å². The monoisotopic (exact) mass is 275 g/mol. The van der Waals surface area contributed by atoms with Gasteiger partial charge in [0.2, 0.25) is 0 Å². The van der Waals surface area contributed by atoms with Crippen molar-refractivity contribution in [1.82, 2.24) is 0 Å². The maximum absolute atomic E-state index is 6.06. The van der Waals surface area contributed by atoms with Crippen molar-refractivity contribution in [3.63, 3.8) is 0 Å². The Morgan fingerprint density at radius 2 is 1.79 bits per heavy atom. The molecule has 0 radical (unpaired) electrons. The predicted molar refractivity (Wildman–Crippen MR) is 80.5 cm³/mol. The lowest BCUT2D eigenvalue weighted by atomic mass is 10.00. The Bertz CT molecular complexity index is 549. The summed E-state index contributed by atoms with van der Waals surface area (Å²) in [6, 6.07) is 13.8. The van der Waals surface area contributed by atoms with Gasteiger partial charge in [0.05, 0.1) is 6.10 Å². The van der Waals surface area contributed by atoms with Gasteiger partial charge in [-0.2, -0.15) is 0 Å². The van der Waals surface area contributed by atoms with E-state index in [4.69, 9.17) is 22.1 Å². The number of benzene rings is 2. The van der Waals surface area contributed by atoms with Gasteiger partial charge < -0.3 is 10.5 Å². The van der Waals surface area contributed by atoms with E-state index in [1.165, 1.54) is 0 Å². The van der Waals surface area contributed by atoms with E-state index in [0.29, 0.717) is 6.54 Å². The van der Waals surface area contributed by atoms with Crippen molar-refractivity contribution in [3.8, 4) is 16.9 Å². The summed E-state index contributed by atoms with van der Waals surface area (Å²) in [5, 5.41) is 0.717. The molecule has 0 bridgehead atoms. The minimum Gasteiger partial charge on any atom is -0.491 e. The molecular weight excluding hydrogens is 258 g/mol. The number of nitrogens with two attached hydrogens (primary N) is 1. The topological polar surface area (TPSA) is 35.2 Å². The normalized spacial score (nSPS) is 10.8. The molecule has 2 aromatic rings. The number of halogens is 1. The van der Waals surface area contributed by atoms with E-state index in [1.54, 1.807) is 0 Å². The Morgan fingerprint density at radius 1 is 1.11 bits per heavy atom. The molecule has 0 spiro atoms. The summed E-state index contributed by atoms with van der Waals surface area (Å²) in [5.74, 6) is 0.870. The first-order chi connectivity index (χ1) is 9.10. The summed E-state index contributed by atoms with van der Waals surface area (Å²) in [4.78, 5) is 0. The van der Waals surface area contributed by atoms with Gasteiger partial charge >= 0.3 is 0 Å². The minimum absolute atomic E-state index is 0.177. The lowest BCUT2D eigenvalue weighted by molar-refractivity contribution is 0.242. The Morgan fingerprint density at radius 3 is 2.37 bits per heavy atom. The molecular formula is C16H18ClNO. The second-order valence-corrected chi connectivity index (χ2v) is 5.13. The van der Waals surface area contributed by atoms with Crippen molar-refractivity contribution in [1.29, 1.82) is 0 Å². The molecule has 3 heteroatoms. The Kier molecular flexibility index (Phi) is 4.46. The van der Waals surface area contributed by atoms with Gasteiger partial charge in [-0.25, -0.2) is 0 Å². The molecule has 0 aliphatic rings. The zero-order valence-corrected chi connectivity index (χ0v) is 11.9. The van der Waals surface area contributed by atoms with Gasteiger partial charge in [0.1, 0.15) is 5.75 Å². The van der Waals surface area contributed by atoms with E-state index in [1.807, 2.05) is 56.3 Å². The van der Waals surface area contributed by atoms with Crippen LogP contribution in [0.2, 0.25) is 5.02 Å². The molecule has 0 amide bonds. The first-order valence-corrected chi connectivity index (χ1v) is 6.73. The third-order valence-electron chi connectivity index (χ3n) is 2.83. The fraction of sp³-hybridized carbons (Fsp3) is 0.250. The molecule has 2 N–H and O–H groups in total. The number of hydrogen-bond donors (Lipinski definition) is 1. The highest BCUT2D eigenvalue weighted by Crippen LogP contribution is 2.28. The largest absolute Gasteiger partial charge is 0.491 e. The van der Waals surface area contributed by atoms with Gasteiger partial charge in [-0.3, -0.25) is 0 Å². The Labute approximate surface area is 119 Å². The quantitative estimate of drug-likeness (QED) is 0.905. The van der Waals surface area contributed by atoms with Crippen LogP contribution in [0.1, 0.15) is 19.4 Å².